The highest BCUT2D eigenvalue weighted by Crippen LogP contribution is 2.35. The van der Waals surface area contributed by atoms with Gasteiger partial charge in [-0.3, -0.25) is 0 Å². The van der Waals surface area contributed by atoms with Crippen molar-refractivity contribution in [2.75, 3.05) is 5.32 Å². The molecule has 1 N–H and O–H groups in total. The average Bonchev–Trinajstić information content (AvgIpc) is 2.43. The normalized spacial score (nSPS) is 12.5. The smallest absolute Gasteiger partial charge is 0.142 e. The number of halogens is 3. The SMILES string of the molecule is CC(C)c1ccccc1NC(C)c1c(Cl)ccc(F)c1Cl. The molecule has 0 radical (unpaired) electrons. The molecule has 0 aliphatic carbocycles. The second-order valence-electron chi connectivity index (χ2n) is 5.36. The fourth-order valence-corrected chi connectivity index (χ4v) is 3.07. The summed E-state index contributed by atoms with van der Waals surface area (Å²) in [5, 5.41) is 3.92. The fourth-order valence-electron chi connectivity index (χ4n) is 2.38. The topological polar surface area (TPSA) is 12.0 Å². The van der Waals surface area contributed by atoms with Gasteiger partial charge in [0.25, 0.3) is 0 Å². The molecule has 2 rings (SSSR count). The Labute approximate surface area is 135 Å². The lowest BCUT2D eigenvalue weighted by Crippen LogP contribution is -2.10. The van der Waals surface area contributed by atoms with Gasteiger partial charge in [-0.05, 0) is 36.6 Å². The van der Waals surface area contributed by atoms with E-state index in [4.69, 9.17) is 23.2 Å². The maximum atomic E-state index is 13.6. The van der Waals surface area contributed by atoms with Gasteiger partial charge in [-0.1, -0.05) is 55.2 Å². The third-order valence-corrected chi connectivity index (χ3v) is 4.18. The summed E-state index contributed by atoms with van der Waals surface area (Å²) in [6, 6.07) is 10.7. The highest BCUT2D eigenvalue weighted by atomic mass is 35.5. The van der Waals surface area contributed by atoms with E-state index >= 15 is 0 Å². The zero-order valence-electron chi connectivity index (χ0n) is 12.3. The molecule has 1 nitrogen and oxygen atoms in total. The first-order valence-corrected chi connectivity index (χ1v) is 7.66. The quantitative estimate of drug-likeness (QED) is 0.638. The standard InChI is InChI=1S/C17H18Cl2FN/c1-10(2)12-6-4-5-7-15(12)21-11(3)16-13(18)8-9-14(20)17(16)19/h4-11,21H,1-3H3. The molecular formula is C17H18Cl2FN. The molecule has 1 atom stereocenters. The second kappa shape index (κ2) is 6.67. The van der Waals surface area contributed by atoms with Crippen molar-refractivity contribution in [3.8, 4) is 0 Å². The molecule has 0 saturated carbocycles. The number of hydrogen-bond donors (Lipinski definition) is 1. The number of para-hydroxylation sites is 1. The summed E-state index contributed by atoms with van der Waals surface area (Å²) in [7, 11) is 0. The molecule has 0 aromatic heterocycles. The lowest BCUT2D eigenvalue weighted by atomic mass is 10.00. The predicted molar refractivity (Wildman–Crippen MR) is 89.0 cm³/mol. The van der Waals surface area contributed by atoms with Crippen LogP contribution in [0.3, 0.4) is 0 Å². The monoisotopic (exact) mass is 325 g/mol. The largest absolute Gasteiger partial charge is 0.378 e. The first kappa shape index (κ1) is 16.1. The molecule has 0 bridgehead atoms. The van der Waals surface area contributed by atoms with Gasteiger partial charge in [-0.2, -0.15) is 0 Å². The van der Waals surface area contributed by atoms with Crippen LogP contribution in [-0.2, 0) is 0 Å². The van der Waals surface area contributed by atoms with Crippen LogP contribution in [0.5, 0.6) is 0 Å². The van der Waals surface area contributed by atoms with Crippen LogP contribution in [0.25, 0.3) is 0 Å². The van der Waals surface area contributed by atoms with Crippen LogP contribution in [0.4, 0.5) is 10.1 Å². The lowest BCUT2D eigenvalue weighted by Gasteiger charge is -2.22. The van der Waals surface area contributed by atoms with Crippen molar-refractivity contribution in [3.05, 3.63) is 63.4 Å². The van der Waals surface area contributed by atoms with Crippen LogP contribution in [0.15, 0.2) is 36.4 Å². The second-order valence-corrected chi connectivity index (χ2v) is 6.15. The Hall–Kier alpha value is -1.25. The molecule has 0 fully saturated rings. The molecule has 1 unspecified atom stereocenters. The Kier molecular flexibility index (Phi) is 5.13. The third kappa shape index (κ3) is 3.50. The van der Waals surface area contributed by atoms with E-state index in [2.05, 4.69) is 25.2 Å². The Morgan fingerprint density at radius 3 is 2.33 bits per heavy atom. The van der Waals surface area contributed by atoms with Gasteiger partial charge in [0.05, 0.1) is 11.1 Å². The molecule has 0 aliphatic heterocycles. The van der Waals surface area contributed by atoms with Crippen molar-refractivity contribution in [2.24, 2.45) is 0 Å². The van der Waals surface area contributed by atoms with E-state index in [1.54, 1.807) is 0 Å². The first-order chi connectivity index (χ1) is 9.91. The molecule has 0 spiro atoms. The van der Waals surface area contributed by atoms with Crippen LogP contribution in [0.1, 0.15) is 43.9 Å². The Morgan fingerprint density at radius 2 is 1.67 bits per heavy atom. The molecule has 4 heteroatoms. The highest BCUT2D eigenvalue weighted by molar-refractivity contribution is 6.36. The summed E-state index contributed by atoms with van der Waals surface area (Å²) >= 11 is 12.2. The van der Waals surface area contributed by atoms with E-state index in [1.807, 2.05) is 25.1 Å². The number of rotatable bonds is 4. The maximum absolute atomic E-state index is 13.6. The number of hydrogen-bond acceptors (Lipinski definition) is 1. The zero-order valence-corrected chi connectivity index (χ0v) is 13.8. The molecule has 0 saturated heterocycles. The Balaban J connectivity index is 2.35. The molecule has 0 amide bonds. The van der Waals surface area contributed by atoms with Crippen LogP contribution >= 0.6 is 23.2 Å². The number of nitrogens with one attached hydrogen (secondary N) is 1. The van der Waals surface area contributed by atoms with Gasteiger partial charge in [0.2, 0.25) is 0 Å². The van der Waals surface area contributed by atoms with E-state index in [-0.39, 0.29) is 11.1 Å². The van der Waals surface area contributed by atoms with Gasteiger partial charge in [-0.25, -0.2) is 4.39 Å². The minimum Gasteiger partial charge on any atom is -0.378 e. The van der Waals surface area contributed by atoms with Crippen molar-refractivity contribution in [2.45, 2.75) is 32.7 Å². The molecular weight excluding hydrogens is 308 g/mol. The average molecular weight is 326 g/mol. The van der Waals surface area contributed by atoms with Crippen molar-refractivity contribution >= 4 is 28.9 Å². The van der Waals surface area contributed by atoms with Crippen LogP contribution in [-0.4, -0.2) is 0 Å². The molecule has 21 heavy (non-hydrogen) atoms. The van der Waals surface area contributed by atoms with Crippen LogP contribution < -0.4 is 5.32 Å². The summed E-state index contributed by atoms with van der Waals surface area (Å²) in [5.74, 6) is -0.0683. The van der Waals surface area contributed by atoms with E-state index in [0.717, 1.165) is 5.69 Å². The highest BCUT2D eigenvalue weighted by Gasteiger charge is 2.18. The van der Waals surface area contributed by atoms with E-state index in [9.17, 15) is 4.39 Å². The molecule has 0 aliphatic rings. The summed E-state index contributed by atoms with van der Waals surface area (Å²) in [6.45, 7) is 6.18. The molecule has 0 heterocycles. The van der Waals surface area contributed by atoms with Gasteiger partial charge in [-0.15, -0.1) is 0 Å². The summed E-state index contributed by atoms with van der Waals surface area (Å²) in [4.78, 5) is 0. The van der Waals surface area contributed by atoms with Crippen LogP contribution in [0, 0.1) is 5.82 Å². The van der Waals surface area contributed by atoms with E-state index in [0.29, 0.717) is 16.5 Å². The van der Waals surface area contributed by atoms with Gasteiger partial charge in [0.1, 0.15) is 5.82 Å². The van der Waals surface area contributed by atoms with Gasteiger partial charge in [0, 0.05) is 16.3 Å². The molecule has 2 aromatic rings. The molecule has 2 aromatic carbocycles. The Morgan fingerprint density at radius 1 is 1.00 bits per heavy atom. The summed E-state index contributed by atoms with van der Waals surface area (Å²) in [5.41, 5.74) is 2.79. The zero-order chi connectivity index (χ0) is 15.6. The first-order valence-electron chi connectivity index (χ1n) is 6.90. The number of benzene rings is 2. The van der Waals surface area contributed by atoms with Gasteiger partial charge in [0.15, 0.2) is 0 Å². The maximum Gasteiger partial charge on any atom is 0.142 e. The van der Waals surface area contributed by atoms with Gasteiger partial charge >= 0.3 is 0 Å². The van der Waals surface area contributed by atoms with Crippen molar-refractivity contribution in [1.29, 1.82) is 0 Å². The minimum atomic E-state index is -0.457. The summed E-state index contributed by atoms with van der Waals surface area (Å²) < 4.78 is 13.6. The van der Waals surface area contributed by atoms with Crippen LogP contribution in [0.2, 0.25) is 10.0 Å². The summed E-state index contributed by atoms with van der Waals surface area (Å²) in [6.07, 6.45) is 0. The fraction of sp³-hybridized carbons (Fsp3) is 0.294. The van der Waals surface area contributed by atoms with Gasteiger partial charge < -0.3 is 5.32 Å². The third-order valence-electron chi connectivity index (χ3n) is 3.47. The Bertz CT molecular complexity index is 641. The molecule has 112 valence electrons. The van der Waals surface area contributed by atoms with E-state index in [1.165, 1.54) is 17.7 Å². The van der Waals surface area contributed by atoms with Crippen molar-refractivity contribution in [1.82, 2.24) is 0 Å². The van der Waals surface area contributed by atoms with Crippen molar-refractivity contribution < 1.29 is 4.39 Å². The lowest BCUT2D eigenvalue weighted by molar-refractivity contribution is 0.624. The van der Waals surface area contributed by atoms with E-state index < -0.39 is 5.82 Å². The van der Waals surface area contributed by atoms with Crippen molar-refractivity contribution in [3.63, 3.8) is 0 Å². The minimum absolute atomic E-state index is 0.0736. The number of anilines is 1. The predicted octanol–water partition coefficient (Wildman–Crippen LogP) is 6.43.